The molecule has 0 unspecified atom stereocenters. The molecule has 1 N–H and O–H groups in total. The van der Waals surface area contributed by atoms with Crippen LogP contribution in [0.1, 0.15) is 20.8 Å². The maximum Gasteiger partial charge on any atom is 0.269 e. The van der Waals surface area contributed by atoms with Gasteiger partial charge in [-0.15, -0.1) is 11.3 Å². The molecule has 0 radical (unpaired) electrons. The molecule has 0 spiro atoms. The molecule has 3 aromatic rings. The number of non-ortho nitro benzene ring substituents is 1. The van der Waals surface area contributed by atoms with Crippen molar-refractivity contribution in [3.05, 3.63) is 68.6 Å². The van der Waals surface area contributed by atoms with E-state index in [1.807, 2.05) is 18.2 Å². The van der Waals surface area contributed by atoms with Crippen LogP contribution in [0, 0.1) is 10.1 Å². The van der Waals surface area contributed by atoms with E-state index in [2.05, 4.69) is 10.3 Å². The minimum atomic E-state index is -0.498. The molecule has 1 amide bonds. The predicted molar refractivity (Wildman–Crippen MR) is 103 cm³/mol. The van der Waals surface area contributed by atoms with E-state index in [0.29, 0.717) is 10.7 Å². The molecular weight excluding hydrogens is 366 g/mol. The second-order valence-corrected chi connectivity index (χ2v) is 7.16. The number of amides is 1. The van der Waals surface area contributed by atoms with Crippen LogP contribution < -0.4 is 10.1 Å². The SMILES string of the molecule is COc1ccc2c(c1)-c1nc(NC(=O)c3ccc([N+](=O)[O-])cc3)sc1CC2. The molecule has 7 nitrogen and oxygen atoms in total. The average molecular weight is 381 g/mol. The fourth-order valence-electron chi connectivity index (χ4n) is 3.06. The molecule has 0 atom stereocenters. The lowest BCUT2D eigenvalue weighted by Gasteiger charge is -2.15. The summed E-state index contributed by atoms with van der Waals surface area (Å²) in [6.07, 6.45) is 1.80. The summed E-state index contributed by atoms with van der Waals surface area (Å²) in [7, 11) is 1.63. The summed E-state index contributed by atoms with van der Waals surface area (Å²) in [5, 5.41) is 14.0. The van der Waals surface area contributed by atoms with E-state index in [4.69, 9.17) is 4.74 Å². The molecule has 0 saturated heterocycles. The van der Waals surface area contributed by atoms with Gasteiger partial charge in [-0.2, -0.15) is 0 Å². The molecule has 27 heavy (non-hydrogen) atoms. The summed E-state index contributed by atoms with van der Waals surface area (Å²) in [4.78, 5) is 28.4. The van der Waals surface area contributed by atoms with Crippen LogP contribution in [0.4, 0.5) is 10.8 Å². The fraction of sp³-hybridized carbons (Fsp3) is 0.158. The second kappa shape index (κ2) is 6.81. The van der Waals surface area contributed by atoms with Gasteiger partial charge in [0.25, 0.3) is 11.6 Å². The number of fused-ring (bicyclic) bond motifs is 3. The number of hydrogen-bond acceptors (Lipinski definition) is 6. The third kappa shape index (κ3) is 3.26. The minimum absolute atomic E-state index is 0.0539. The molecule has 1 aliphatic carbocycles. The molecule has 0 fully saturated rings. The average Bonchev–Trinajstić information content (AvgIpc) is 3.10. The van der Waals surface area contributed by atoms with E-state index in [1.165, 1.54) is 41.2 Å². The Hall–Kier alpha value is -3.26. The molecule has 1 aliphatic rings. The van der Waals surface area contributed by atoms with Gasteiger partial charge >= 0.3 is 0 Å². The van der Waals surface area contributed by atoms with Crippen molar-refractivity contribution in [2.45, 2.75) is 12.8 Å². The Morgan fingerprint density at radius 1 is 1.22 bits per heavy atom. The predicted octanol–water partition coefficient (Wildman–Crippen LogP) is 4.08. The van der Waals surface area contributed by atoms with Crippen molar-refractivity contribution < 1.29 is 14.5 Å². The first-order chi connectivity index (χ1) is 13.0. The van der Waals surface area contributed by atoms with Gasteiger partial charge in [0.2, 0.25) is 0 Å². The van der Waals surface area contributed by atoms with Gasteiger partial charge in [-0.3, -0.25) is 20.2 Å². The van der Waals surface area contributed by atoms with Crippen molar-refractivity contribution in [2.24, 2.45) is 0 Å². The number of anilines is 1. The first kappa shape index (κ1) is 17.2. The van der Waals surface area contributed by atoms with Crippen LogP contribution in [0.25, 0.3) is 11.3 Å². The topological polar surface area (TPSA) is 94.4 Å². The monoisotopic (exact) mass is 381 g/mol. The largest absolute Gasteiger partial charge is 0.497 e. The summed E-state index contributed by atoms with van der Waals surface area (Å²) >= 11 is 1.45. The van der Waals surface area contributed by atoms with Crippen molar-refractivity contribution in [3.63, 3.8) is 0 Å². The van der Waals surface area contributed by atoms with E-state index in [-0.39, 0.29) is 11.6 Å². The highest BCUT2D eigenvalue weighted by Crippen LogP contribution is 2.39. The van der Waals surface area contributed by atoms with Crippen molar-refractivity contribution in [1.29, 1.82) is 0 Å². The van der Waals surface area contributed by atoms with Crippen LogP contribution >= 0.6 is 11.3 Å². The minimum Gasteiger partial charge on any atom is -0.497 e. The Morgan fingerprint density at radius 3 is 2.70 bits per heavy atom. The number of benzene rings is 2. The molecule has 0 bridgehead atoms. The highest BCUT2D eigenvalue weighted by molar-refractivity contribution is 7.16. The molecular formula is C19H15N3O4S. The van der Waals surface area contributed by atoms with Gasteiger partial charge in [0, 0.05) is 28.1 Å². The standard InChI is InChI=1S/C19H15N3O4S/c1-26-14-8-4-11-5-9-16-17(15(11)10-14)20-19(27-16)21-18(23)12-2-6-13(7-3-12)22(24)25/h2-4,6-8,10H,5,9H2,1H3,(H,20,21,23). The summed E-state index contributed by atoms with van der Waals surface area (Å²) in [5.74, 6) is 0.424. The van der Waals surface area contributed by atoms with Crippen molar-refractivity contribution >= 4 is 28.1 Å². The molecule has 8 heteroatoms. The maximum atomic E-state index is 12.4. The zero-order valence-electron chi connectivity index (χ0n) is 14.4. The second-order valence-electron chi connectivity index (χ2n) is 6.07. The Kier molecular flexibility index (Phi) is 4.33. The number of nitrogens with one attached hydrogen (secondary N) is 1. The quantitative estimate of drug-likeness (QED) is 0.543. The normalized spacial score (nSPS) is 12.0. The molecule has 2 aromatic carbocycles. The Morgan fingerprint density at radius 2 is 2.00 bits per heavy atom. The fourth-order valence-corrected chi connectivity index (χ4v) is 4.03. The number of thiazole rings is 1. The number of methoxy groups -OCH3 is 1. The number of nitro benzene ring substituents is 1. The number of ether oxygens (including phenoxy) is 1. The number of aromatic nitrogens is 1. The van der Waals surface area contributed by atoms with Crippen molar-refractivity contribution in [3.8, 4) is 17.0 Å². The summed E-state index contributed by atoms with van der Waals surface area (Å²) in [6, 6.07) is 11.4. The van der Waals surface area contributed by atoms with Crippen molar-refractivity contribution in [2.75, 3.05) is 12.4 Å². The van der Waals surface area contributed by atoms with Crippen LogP contribution in [-0.4, -0.2) is 22.9 Å². The number of rotatable bonds is 4. The Bertz CT molecular complexity index is 1040. The van der Waals surface area contributed by atoms with Gasteiger partial charge in [-0.1, -0.05) is 6.07 Å². The number of carbonyl (C=O) groups excluding carboxylic acids is 1. The van der Waals surface area contributed by atoms with Crippen LogP contribution in [-0.2, 0) is 12.8 Å². The van der Waals surface area contributed by atoms with Crippen LogP contribution in [0.2, 0.25) is 0 Å². The summed E-state index contributed by atoms with van der Waals surface area (Å²) < 4.78 is 5.31. The molecule has 1 aromatic heterocycles. The third-order valence-corrected chi connectivity index (χ3v) is 5.48. The number of carbonyl (C=O) groups is 1. The lowest BCUT2D eigenvalue weighted by atomic mass is 9.93. The smallest absolute Gasteiger partial charge is 0.269 e. The first-order valence-electron chi connectivity index (χ1n) is 8.28. The van der Waals surface area contributed by atoms with Gasteiger partial charge in [0.1, 0.15) is 5.75 Å². The van der Waals surface area contributed by atoms with E-state index in [1.54, 1.807) is 7.11 Å². The number of nitro groups is 1. The van der Waals surface area contributed by atoms with Gasteiger partial charge in [-0.25, -0.2) is 4.98 Å². The zero-order chi connectivity index (χ0) is 19.0. The summed E-state index contributed by atoms with van der Waals surface area (Å²) in [5.41, 5.74) is 3.40. The lowest BCUT2D eigenvalue weighted by Crippen LogP contribution is -2.11. The van der Waals surface area contributed by atoms with E-state index in [0.717, 1.165) is 34.7 Å². The highest BCUT2D eigenvalue weighted by atomic mass is 32.1. The van der Waals surface area contributed by atoms with E-state index in [9.17, 15) is 14.9 Å². The highest BCUT2D eigenvalue weighted by Gasteiger charge is 2.22. The third-order valence-electron chi connectivity index (χ3n) is 4.45. The van der Waals surface area contributed by atoms with E-state index >= 15 is 0 Å². The van der Waals surface area contributed by atoms with Gasteiger partial charge in [-0.05, 0) is 42.7 Å². The van der Waals surface area contributed by atoms with Gasteiger partial charge < -0.3 is 4.74 Å². The molecule has 4 rings (SSSR count). The zero-order valence-corrected chi connectivity index (χ0v) is 15.2. The Balaban J connectivity index is 1.59. The molecule has 0 aliphatic heterocycles. The number of aryl methyl sites for hydroxylation is 2. The number of hydrogen-bond donors (Lipinski definition) is 1. The van der Waals surface area contributed by atoms with Gasteiger partial charge in [0.05, 0.1) is 17.7 Å². The Labute approximate surface area is 158 Å². The maximum absolute atomic E-state index is 12.4. The van der Waals surface area contributed by atoms with Crippen molar-refractivity contribution in [1.82, 2.24) is 4.98 Å². The van der Waals surface area contributed by atoms with Gasteiger partial charge in [0.15, 0.2) is 5.13 Å². The lowest BCUT2D eigenvalue weighted by molar-refractivity contribution is -0.384. The van der Waals surface area contributed by atoms with Crippen LogP contribution in [0.15, 0.2) is 42.5 Å². The number of nitrogens with zero attached hydrogens (tertiary/aromatic N) is 2. The molecule has 136 valence electrons. The van der Waals surface area contributed by atoms with E-state index < -0.39 is 4.92 Å². The van der Waals surface area contributed by atoms with Crippen LogP contribution in [0.3, 0.4) is 0 Å². The molecule has 0 saturated carbocycles. The summed E-state index contributed by atoms with van der Waals surface area (Å²) in [6.45, 7) is 0. The molecule has 1 heterocycles. The van der Waals surface area contributed by atoms with Crippen LogP contribution in [0.5, 0.6) is 5.75 Å². The first-order valence-corrected chi connectivity index (χ1v) is 9.09.